The molecular formula is C84H52N6O3. The van der Waals surface area contributed by atoms with Gasteiger partial charge in [-0.05, 0) is 105 Å². The Morgan fingerprint density at radius 3 is 1.02 bits per heavy atom. The minimum atomic E-state index is 0.638. The van der Waals surface area contributed by atoms with Crippen LogP contribution < -0.4 is 0 Å². The molecule has 93 heavy (non-hydrogen) atoms. The second kappa shape index (κ2) is 23.3. The number of aromatic nitrogens is 6. The van der Waals surface area contributed by atoms with Gasteiger partial charge in [-0.1, -0.05) is 255 Å². The van der Waals surface area contributed by atoms with Crippen LogP contribution in [-0.4, -0.2) is 29.9 Å². The van der Waals surface area contributed by atoms with Crippen molar-refractivity contribution >= 4 is 65.8 Å². The van der Waals surface area contributed by atoms with E-state index < -0.39 is 0 Å². The summed E-state index contributed by atoms with van der Waals surface area (Å²) >= 11 is 0. The quantitative estimate of drug-likeness (QED) is 0.132. The van der Waals surface area contributed by atoms with Crippen LogP contribution in [0.25, 0.3) is 179 Å². The Labute approximate surface area is 534 Å². The standard InChI is InChI=1S/C45H27N3O2.C39H25N3O/c1-3-10-29(11-4-1)43-46-44(30-12-5-2-6-13-30)48-45(47-43)31-20-18-28(19-21-31)32-14-9-15-33(26-32)34-22-24-39-37(27-34)35-23-25-40-41(42(35)50-39)36-16-7-8-17-38(36)49-40;1-3-12-26(13-4-1)37-40-38(27-14-5-2-6-15-27)42-39(41-37)31-19-10-17-29(25-31)28-16-9-18-30(24-28)32-21-11-23-35-36(32)33-20-7-8-22-34(33)43-35/h1-27H;1-25H. The first kappa shape index (κ1) is 54.4. The van der Waals surface area contributed by atoms with Gasteiger partial charge in [-0.25, -0.2) is 29.9 Å². The molecule has 0 N–H and O–H groups in total. The summed E-state index contributed by atoms with van der Waals surface area (Å²) in [6, 6.07) is 108. The molecule has 9 heteroatoms. The Hall–Kier alpha value is -12.7. The van der Waals surface area contributed by atoms with Crippen molar-refractivity contribution < 1.29 is 13.3 Å². The largest absolute Gasteiger partial charge is 0.456 e. The maximum Gasteiger partial charge on any atom is 0.164 e. The number of fused-ring (bicyclic) bond motifs is 10. The monoisotopic (exact) mass is 1190 g/mol. The van der Waals surface area contributed by atoms with E-state index in [1.54, 1.807) is 0 Å². The first-order chi connectivity index (χ1) is 46.0. The number of para-hydroxylation sites is 2. The number of benzene rings is 13. The maximum absolute atomic E-state index is 6.45. The Balaban J connectivity index is 0.000000144. The number of furan rings is 3. The van der Waals surface area contributed by atoms with Crippen molar-refractivity contribution in [3.05, 3.63) is 315 Å². The van der Waals surface area contributed by atoms with Gasteiger partial charge in [0.1, 0.15) is 33.5 Å². The molecule has 436 valence electrons. The zero-order chi connectivity index (χ0) is 61.6. The highest BCUT2D eigenvalue weighted by Gasteiger charge is 2.20. The molecule has 0 aliphatic rings. The van der Waals surface area contributed by atoms with Crippen LogP contribution in [0.2, 0.25) is 0 Å². The first-order valence-electron chi connectivity index (χ1n) is 30.9. The number of rotatable bonds is 10. The minimum absolute atomic E-state index is 0.638. The van der Waals surface area contributed by atoms with Crippen molar-refractivity contribution in [3.63, 3.8) is 0 Å². The molecule has 0 amide bonds. The van der Waals surface area contributed by atoms with Gasteiger partial charge in [-0.15, -0.1) is 0 Å². The Bertz CT molecular complexity index is 5690. The molecule has 18 aromatic rings. The Morgan fingerprint density at radius 2 is 0.495 bits per heavy atom. The highest BCUT2D eigenvalue weighted by atomic mass is 16.3. The van der Waals surface area contributed by atoms with Crippen molar-refractivity contribution in [2.24, 2.45) is 0 Å². The molecule has 0 fully saturated rings. The summed E-state index contributed by atoms with van der Waals surface area (Å²) in [4.78, 5) is 29.3. The lowest BCUT2D eigenvalue weighted by Crippen LogP contribution is -2.00. The average Bonchev–Trinajstić information content (AvgIpc) is 1.69. The molecule has 0 saturated carbocycles. The second-order valence-corrected chi connectivity index (χ2v) is 22.9. The van der Waals surface area contributed by atoms with Crippen molar-refractivity contribution in [1.82, 2.24) is 29.9 Å². The van der Waals surface area contributed by atoms with Gasteiger partial charge in [-0.2, -0.15) is 0 Å². The van der Waals surface area contributed by atoms with Crippen LogP contribution >= 0.6 is 0 Å². The van der Waals surface area contributed by atoms with Gasteiger partial charge in [0, 0.05) is 60.3 Å². The van der Waals surface area contributed by atoms with E-state index in [0.29, 0.717) is 34.9 Å². The third-order valence-electron chi connectivity index (χ3n) is 17.1. The molecule has 0 radical (unpaired) electrons. The number of hydrogen-bond donors (Lipinski definition) is 0. The molecule has 0 bridgehead atoms. The fraction of sp³-hybridized carbons (Fsp3) is 0. The molecule has 13 aromatic carbocycles. The summed E-state index contributed by atoms with van der Waals surface area (Å²) in [6.07, 6.45) is 0. The van der Waals surface area contributed by atoms with E-state index in [2.05, 4.69) is 152 Å². The smallest absolute Gasteiger partial charge is 0.164 e. The summed E-state index contributed by atoms with van der Waals surface area (Å²) in [5, 5.41) is 6.51. The maximum atomic E-state index is 6.45. The van der Waals surface area contributed by atoms with Gasteiger partial charge in [0.05, 0.1) is 5.39 Å². The third-order valence-corrected chi connectivity index (χ3v) is 17.1. The number of hydrogen-bond acceptors (Lipinski definition) is 9. The predicted molar refractivity (Wildman–Crippen MR) is 376 cm³/mol. The molecule has 0 unspecified atom stereocenters. The molecule has 0 spiro atoms. The zero-order valence-electron chi connectivity index (χ0n) is 49.9. The van der Waals surface area contributed by atoms with Gasteiger partial charge in [0.25, 0.3) is 0 Å². The number of nitrogens with zero attached hydrogens (tertiary/aromatic N) is 6. The van der Waals surface area contributed by atoms with E-state index >= 15 is 0 Å². The van der Waals surface area contributed by atoms with Crippen LogP contribution in [0.4, 0.5) is 0 Å². The zero-order valence-corrected chi connectivity index (χ0v) is 49.9. The van der Waals surface area contributed by atoms with Gasteiger partial charge in [-0.3, -0.25) is 0 Å². The van der Waals surface area contributed by atoms with Crippen LogP contribution in [0, 0.1) is 0 Å². The van der Waals surface area contributed by atoms with E-state index in [0.717, 1.165) is 144 Å². The fourth-order valence-electron chi connectivity index (χ4n) is 12.5. The van der Waals surface area contributed by atoms with Gasteiger partial charge in [0.2, 0.25) is 0 Å². The van der Waals surface area contributed by atoms with Crippen molar-refractivity contribution in [2.75, 3.05) is 0 Å². The van der Waals surface area contributed by atoms with E-state index in [-0.39, 0.29) is 0 Å². The van der Waals surface area contributed by atoms with E-state index in [1.165, 1.54) is 0 Å². The molecule has 0 aliphatic heterocycles. The molecule has 9 nitrogen and oxygen atoms in total. The normalized spacial score (nSPS) is 11.4. The summed E-state index contributed by atoms with van der Waals surface area (Å²) in [5.41, 5.74) is 19.9. The highest BCUT2D eigenvalue weighted by Crippen LogP contribution is 2.42. The third kappa shape index (κ3) is 10.4. The van der Waals surface area contributed by atoms with Crippen molar-refractivity contribution in [3.8, 4) is 113 Å². The Kier molecular flexibility index (Phi) is 13.7. The SMILES string of the molecule is c1ccc(-c2nc(-c3ccccc3)nc(-c3ccc(-c4cccc(-c5ccc6oc7c(ccc8oc9ccccc9c87)c6c5)c4)cc3)n2)cc1.c1ccc(-c2nc(-c3ccccc3)nc(-c3cccc(-c4cccc(-c5cccc6oc7ccccc7c56)c4)c3)n2)cc1. The van der Waals surface area contributed by atoms with E-state index in [4.69, 9.17) is 43.2 Å². The summed E-state index contributed by atoms with van der Waals surface area (Å²) in [7, 11) is 0. The second-order valence-electron chi connectivity index (χ2n) is 22.9. The van der Waals surface area contributed by atoms with Gasteiger partial charge < -0.3 is 13.3 Å². The summed E-state index contributed by atoms with van der Waals surface area (Å²) < 4.78 is 18.7. The average molecular weight is 1190 g/mol. The minimum Gasteiger partial charge on any atom is -0.456 e. The molecule has 5 aromatic heterocycles. The lowest BCUT2D eigenvalue weighted by molar-refractivity contribution is 0.662. The summed E-state index contributed by atoms with van der Waals surface area (Å²) in [5.74, 6) is 3.88. The van der Waals surface area contributed by atoms with Crippen LogP contribution in [0.5, 0.6) is 0 Å². The first-order valence-corrected chi connectivity index (χ1v) is 30.9. The van der Waals surface area contributed by atoms with Gasteiger partial charge in [0.15, 0.2) is 34.9 Å². The predicted octanol–water partition coefficient (Wildman–Crippen LogP) is 22.1. The molecule has 18 rings (SSSR count). The van der Waals surface area contributed by atoms with Crippen LogP contribution in [0.15, 0.2) is 329 Å². The summed E-state index contributed by atoms with van der Waals surface area (Å²) in [6.45, 7) is 0. The van der Waals surface area contributed by atoms with E-state index in [1.807, 2.05) is 164 Å². The lowest BCUT2D eigenvalue weighted by atomic mass is 9.95. The van der Waals surface area contributed by atoms with E-state index in [9.17, 15) is 0 Å². The van der Waals surface area contributed by atoms with Crippen LogP contribution in [-0.2, 0) is 0 Å². The highest BCUT2D eigenvalue weighted by molar-refractivity contribution is 6.22. The van der Waals surface area contributed by atoms with Crippen LogP contribution in [0.3, 0.4) is 0 Å². The van der Waals surface area contributed by atoms with Crippen molar-refractivity contribution in [2.45, 2.75) is 0 Å². The topological polar surface area (TPSA) is 117 Å². The molecule has 0 atom stereocenters. The van der Waals surface area contributed by atoms with Gasteiger partial charge >= 0.3 is 0 Å². The van der Waals surface area contributed by atoms with Crippen molar-refractivity contribution in [1.29, 1.82) is 0 Å². The van der Waals surface area contributed by atoms with Crippen LogP contribution in [0.1, 0.15) is 0 Å². The lowest BCUT2D eigenvalue weighted by Gasteiger charge is -2.11. The molecular weight excluding hydrogens is 1140 g/mol. The molecule has 5 heterocycles. The molecule has 0 aliphatic carbocycles. The Morgan fingerprint density at radius 1 is 0.172 bits per heavy atom. The molecule has 0 saturated heterocycles. The fourth-order valence-corrected chi connectivity index (χ4v) is 12.5.